The summed E-state index contributed by atoms with van der Waals surface area (Å²) >= 11 is 0. The van der Waals surface area contributed by atoms with Gasteiger partial charge in [0.15, 0.2) is 6.10 Å². The Morgan fingerprint density at radius 3 is 2.59 bits per heavy atom. The first kappa shape index (κ1) is 18.9. The van der Waals surface area contributed by atoms with Gasteiger partial charge >= 0.3 is 0 Å². The van der Waals surface area contributed by atoms with Crippen molar-refractivity contribution < 1.29 is 9.53 Å². The lowest BCUT2D eigenvalue weighted by Crippen LogP contribution is -2.30. The first-order valence-electron chi connectivity index (χ1n) is 9.85. The number of amides is 1. The highest BCUT2D eigenvalue weighted by molar-refractivity contribution is 5.94. The van der Waals surface area contributed by atoms with E-state index in [1.807, 2.05) is 24.3 Å². The van der Waals surface area contributed by atoms with Crippen LogP contribution in [0.1, 0.15) is 26.2 Å². The maximum Gasteiger partial charge on any atom is 0.265 e. The van der Waals surface area contributed by atoms with Crippen LogP contribution in [0, 0.1) is 0 Å². The van der Waals surface area contributed by atoms with Crippen LogP contribution in [0.25, 0.3) is 5.69 Å². The number of rotatable bonds is 6. The summed E-state index contributed by atoms with van der Waals surface area (Å²) in [6, 6.07) is 15.3. The van der Waals surface area contributed by atoms with Gasteiger partial charge in [0.2, 0.25) is 0 Å². The quantitative estimate of drug-likeness (QED) is 0.694. The summed E-state index contributed by atoms with van der Waals surface area (Å²) < 4.78 is 7.33. The number of hydrogen-bond acceptors (Lipinski definition) is 6. The van der Waals surface area contributed by atoms with E-state index in [0.29, 0.717) is 5.75 Å². The largest absolute Gasteiger partial charge is 0.481 e. The lowest BCUT2D eigenvalue weighted by atomic mass is 10.1. The van der Waals surface area contributed by atoms with Crippen molar-refractivity contribution in [2.24, 2.45) is 0 Å². The number of hydrogen-bond donors (Lipinski definition) is 1. The summed E-state index contributed by atoms with van der Waals surface area (Å²) in [6.45, 7) is 3.92. The van der Waals surface area contributed by atoms with Gasteiger partial charge in [0, 0.05) is 30.5 Å². The molecular formula is C21H24N6O2. The molecule has 2 aromatic carbocycles. The van der Waals surface area contributed by atoms with Crippen LogP contribution in [0.3, 0.4) is 0 Å². The third-order valence-electron chi connectivity index (χ3n) is 4.97. The maximum absolute atomic E-state index is 12.5. The molecule has 1 saturated heterocycles. The second-order valence-corrected chi connectivity index (χ2v) is 7.10. The molecule has 1 N–H and O–H groups in total. The fraction of sp³-hybridized carbons (Fsp3) is 0.333. The summed E-state index contributed by atoms with van der Waals surface area (Å²) in [5, 5.41) is 14.0. The van der Waals surface area contributed by atoms with Gasteiger partial charge in [-0.05, 0) is 73.0 Å². The first-order valence-corrected chi connectivity index (χ1v) is 9.85. The number of carbonyl (C=O) groups excluding carboxylic acids is 1. The van der Waals surface area contributed by atoms with Gasteiger partial charge in [0.1, 0.15) is 12.1 Å². The topological polar surface area (TPSA) is 85.2 Å². The minimum atomic E-state index is -0.652. The molecule has 0 spiro atoms. The monoisotopic (exact) mass is 392 g/mol. The molecule has 3 aromatic rings. The van der Waals surface area contributed by atoms with Gasteiger partial charge < -0.3 is 15.0 Å². The Morgan fingerprint density at radius 2 is 1.86 bits per heavy atom. The van der Waals surface area contributed by atoms with Crippen LogP contribution >= 0.6 is 0 Å². The molecule has 0 unspecified atom stereocenters. The minimum Gasteiger partial charge on any atom is -0.481 e. The molecule has 1 atom stereocenters. The average Bonchev–Trinajstić information content (AvgIpc) is 3.30. The van der Waals surface area contributed by atoms with Crippen molar-refractivity contribution in [1.82, 2.24) is 20.2 Å². The van der Waals surface area contributed by atoms with E-state index in [0.717, 1.165) is 24.5 Å². The van der Waals surface area contributed by atoms with Crippen LogP contribution in [-0.2, 0) is 4.79 Å². The highest BCUT2D eigenvalue weighted by Crippen LogP contribution is 2.22. The van der Waals surface area contributed by atoms with Gasteiger partial charge in [-0.3, -0.25) is 4.79 Å². The second kappa shape index (κ2) is 8.72. The second-order valence-electron chi connectivity index (χ2n) is 7.10. The lowest BCUT2D eigenvalue weighted by Gasteiger charge is -2.28. The molecule has 150 valence electrons. The minimum absolute atomic E-state index is 0.205. The van der Waals surface area contributed by atoms with Crippen LogP contribution < -0.4 is 15.0 Å². The SMILES string of the molecule is C[C@H](Oc1cccc(-n2cnnn2)c1)C(=O)Nc1ccc(N2CCCCC2)cc1. The summed E-state index contributed by atoms with van der Waals surface area (Å²) in [4.78, 5) is 14.9. The van der Waals surface area contributed by atoms with E-state index in [-0.39, 0.29) is 5.91 Å². The van der Waals surface area contributed by atoms with Gasteiger partial charge in [-0.1, -0.05) is 6.07 Å². The molecule has 8 heteroatoms. The maximum atomic E-state index is 12.5. The molecular weight excluding hydrogens is 368 g/mol. The Labute approximate surface area is 169 Å². The summed E-state index contributed by atoms with van der Waals surface area (Å²) in [6.07, 6.45) is 4.63. The highest BCUT2D eigenvalue weighted by Gasteiger charge is 2.16. The molecule has 2 heterocycles. The lowest BCUT2D eigenvalue weighted by molar-refractivity contribution is -0.122. The van der Waals surface area contributed by atoms with Crippen molar-refractivity contribution in [2.75, 3.05) is 23.3 Å². The van der Waals surface area contributed by atoms with Crippen molar-refractivity contribution in [2.45, 2.75) is 32.3 Å². The summed E-state index contributed by atoms with van der Waals surface area (Å²) in [5.74, 6) is 0.365. The smallest absolute Gasteiger partial charge is 0.265 e. The first-order chi connectivity index (χ1) is 14.2. The van der Waals surface area contributed by atoms with E-state index in [2.05, 4.69) is 37.9 Å². The number of anilines is 2. The van der Waals surface area contributed by atoms with Gasteiger partial charge in [-0.15, -0.1) is 5.10 Å². The number of nitrogens with one attached hydrogen (secondary N) is 1. The number of benzene rings is 2. The van der Waals surface area contributed by atoms with Gasteiger partial charge in [0.25, 0.3) is 5.91 Å². The highest BCUT2D eigenvalue weighted by atomic mass is 16.5. The van der Waals surface area contributed by atoms with Crippen molar-refractivity contribution in [3.05, 3.63) is 54.9 Å². The van der Waals surface area contributed by atoms with Crippen molar-refractivity contribution in [3.8, 4) is 11.4 Å². The molecule has 1 amide bonds. The fourth-order valence-electron chi connectivity index (χ4n) is 3.39. The Morgan fingerprint density at radius 1 is 1.07 bits per heavy atom. The van der Waals surface area contributed by atoms with E-state index in [4.69, 9.17) is 4.74 Å². The zero-order valence-corrected chi connectivity index (χ0v) is 16.4. The number of nitrogens with zero attached hydrogens (tertiary/aromatic N) is 5. The van der Waals surface area contributed by atoms with E-state index < -0.39 is 6.10 Å². The van der Waals surface area contributed by atoms with Gasteiger partial charge in [-0.25, -0.2) is 4.68 Å². The molecule has 29 heavy (non-hydrogen) atoms. The van der Waals surface area contributed by atoms with Crippen molar-refractivity contribution in [1.29, 1.82) is 0 Å². The molecule has 0 aliphatic carbocycles. The summed E-state index contributed by atoms with van der Waals surface area (Å²) in [5.41, 5.74) is 2.72. The predicted molar refractivity (Wildman–Crippen MR) is 110 cm³/mol. The average molecular weight is 392 g/mol. The Bertz CT molecular complexity index is 936. The predicted octanol–water partition coefficient (Wildman–Crippen LogP) is 3.06. The van der Waals surface area contributed by atoms with Crippen molar-refractivity contribution in [3.63, 3.8) is 0 Å². The molecule has 0 radical (unpaired) electrons. The summed E-state index contributed by atoms with van der Waals surface area (Å²) in [7, 11) is 0. The zero-order chi connectivity index (χ0) is 20.1. The van der Waals surface area contributed by atoms with Gasteiger partial charge in [0.05, 0.1) is 5.69 Å². The third kappa shape index (κ3) is 4.71. The standard InChI is InChI=1S/C21H24N6O2/c1-16(29-20-7-5-6-19(14-20)27-15-22-24-25-27)21(28)23-17-8-10-18(11-9-17)26-12-3-2-4-13-26/h5-11,14-16H,2-4,12-13H2,1H3,(H,23,28)/t16-/m0/s1. The van der Waals surface area contributed by atoms with Crippen LogP contribution in [-0.4, -0.2) is 45.3 Å². The Kier molecular flexibility index (Phi) is 5.69. The molecule has 4 rings (SSSR count). The van der Waals surface area contributed by atoms with Crippen LogP contribution in [0.5, 0.6) is 5.75 Å². The molecule has 1 aliphatic heterocycles. The molecule has 1 aliphatic rings. The third-order valence-corrected chi connectivity index (χ3v) is 4.97. The number of piperidine rings is 1. The molecule has 1 fully saturated rings. The van der Waals surface area contributed by atoms with Crippen molar-refractivity contribution >= 4 is 17.3 Å². The normalized spacial score (nSPS) is 15.0. The van der Waals surface area contributed by atoms with E-state index in [1.165, 1.54) is 36.0 Å². The molecule has 0 saturated carbocycles. The molecule has 8 nitrogen and oxygen atoms in total. The number of carbonyl (C=O) groups is 1. The molecule has 1 aromatic heterocycles. The number of aromatic nitrogens is 4. The Balaban J connectivity index is 1.35. The van der Waals surface area contributed by atoms with E-state index in [9.17, 15) is 4.79 Å². The number of tetrazole rings is 1. The zero-order valence-electron chi connectivity index (χ0n) is 16.4. The number of ether oxygens (including phenoxy) is 1. The fourth-order valence-corrected chi connectivity index (χ4v) is 3.39. The van der Waals surface area contributed by atoms with Crippen LogP contribution in [0.15, 0.2) is 54.9 Å². The van der Waals surface area contributed by atoms with Crippen LogP contribution in [0.2, 0.25) is 0 Å². The Hall–Kier alpha value is -3.42. The van der Waals surface area contributed by atoms with Crippen LogP contribution in [0.4, 0.5) is 11.4 Å². The van der Waals surface area contributed by atoms with E-state index in [1.54, 1.807) is 19.1 Å². The van der Waals surface area contributed by atoms with E-state index >= 15 is 0 Å². The molecule has 0 bridgehead atoms. The van der Waals surface area contributed by atoms with Gasteiger partial charge in [-0.2, -0.15) is 0 Å².